The van der Waals surface area contributed by atoms with Crippen molar-refractivity contribution in [2.45, 2.75) is 19.3 Å². The number of hydrogen-bond donors (Lipinski definition) is 1. The molecule has 0 spiro atoms. The van der Waals surface area contributed by atoms with Gasteiger partial charge in [-0.15, -0.1) is 0 Å². The molecule has 4 rings (SSSR count). The minimum absolute atomic E-state index is 0.157. The second-order valence-corrected chi connectivity index (χ2v) is 7.76. The molecule has 1 saturated heterocycles. The van der Waals surface area contributed by atoms with Gasteiger partial charge in [0.25, 0.3) is 5.56 Å². The molecule has 1 fully saturated rings. The molecule has 150 valence electrons. The van der Waals surface area contributed by atoms with Gasteiger partial charge < -0.3 is 10.1 Å². The van der Waals surface area contributed by atoms with E-state index in [0.29, 0.717) is 17.3 Å². The summed E-state index contributed by atoms with van der Waals surface area (Å²) in [7, 11) is 0. The van der Waals surface area contributed by atoms with Crippen molar-refractivity contribution < 1.29 is 4.74 Å². The van der Waals surface area contributed by atoms with Gasteiger partial charge >= 0.3 is 0 Å². The number of ether oxygens (including phenoxy) is 1. The van der Waals surface area contributed by atoms with Gasteiger partial charge in [-0.1, -0.05) is 54.1 Å². The number of benzene rings is 2. The molecule has 0 saturated carbocycles. The summed E-state index contributed by atoms with van der Waals surface area (Å²) in [5.74, 6) is 0.430. The number of halogens is 1. The van der Waals surface area contributed by atoms with E-state index in [-0.39, 0.29) is 10.6 Å². The molecule has 0 radical (unpaired) electrons. The highest BCUT2D eigenvalue weighted by atomic mass is 35.5. The Morgan fingerprint density at radius 2 is 1.86 bits per heavy atom. The lowest BCUT2D eigenvalue weighted by atomic mass is 10.0. The quantitative estimate of drug-likeness (QED) is 0.658. The molecule has 5 nitrogen and oxygen atoms in total. The first-order chi connectivity index (χ1) is 14.2. The zero-order valence-electron chi connectivity index (χ0n) is 16.2. The maximum Gasteiger partial charge on any atom is 0.292 e. The van der Waals surface area contributed by atoms with Gasteiger partial charge in [0.15, 0.2) is 0 Å². The highest BCUT2D eigenvalue weighted by molar-refractivity contribution is 6.32. The molecule has 6 heteroatoms. The van der Waals surface area contributed by atoms with Crippen molar-refractivity contribution in [3.05, 3.63) is 87.3 Å². The van der Waals surface area contributed by atoms with Gasteiger partial charge in [-0.25, -0.2) is 0 Å². The Balaban J connectivity index is 1.46. The van der Waals surface area contributed by atoms with Crippen LogP contribution in [-0.4, -0.2) is 29.5 Å². The van der Waals surface area contributed by atoms with Crippen LogP contribution in [0.3, 0.4) is 0 Å². The van der Waals surface area contributed by atoms with Gasteiger partial charge in [0.2, 0.25) is 0 Å². The minimum Gasteiger partial charge on any atom is -0.382 e. The molecule has 1 aliphatic heterocycles. The van der Waals surface area contributed by atoms with Gasteiger partial charge in [-0.2, -0.15) is 9.78 Å². The van der Waals surface area contributed by atoms with E-state index < -0.39 is 0 Å². The Labute approximate surface area is 175 Å². The number of nitrogens with zero attached hydrogens (tertiary/aromatic N) is 2. The zero-order chi connectivity index (χ0) is 20.1. The standard InChI is InChI=1S/C23H24ClN3O2/c24-22-21(25-14-19-7-4-12-29-16-19)15-26-27(23(22)28)20-10-8-18(9-11-20)13-17-5-2-1-3-6-17/h1-3,5-6,8-11,15,19,25H,4,7,12-14,16H2/t19-/m1/s1. The van der Waals surface area contributed by atoms with E-state index in [1.54, 1.807) is 6.20 Å². The van der Waals surface area contributed by atoms with E-state index in [4.69, 9.17) is 16.3 Å². The normalized spacial score (nSPS) is 16.5. The lowest BCUT2D eigenvalue weighted by Crippen LogP contribution is -2.26. The van der Waals surface area contributed by atoms with Gasteiger partial charge in [0.1, 0.15) is 5.02 Å². The Bertz CT molecular complexity index is 997. The van der Waals surface area contributed by atoms with Crippen LogP contribution in [0.2, 0.25) is 5.02 Å². The maximum absolute atomic E-state index is 12.7. The lowest BCUT2D eigenvalue weighted by molar-refractivity contribution is 0.0595. The average Bonchev–Trinajstić information content (AvgIpc) is 2.77. The van der Waals surface area contributed by atoms with Crippen molar-refractivity contribution >= 4 is 17.3 Å². The van der Waals surface area contributed by atoms with Gasteiger partial charge in [0, 0.05) is 13.2 Å². The van der Waals surface area contributed by atoms with E-state index in [0.717, 1.165) is 39.0 Å². The fraction of sp³-hybridized carbons (Fsp3) is 0.304. The highest BCUT2D eigenvalue weighted by Crippen LogP contribution is 2.20. The third kappa shape index (κ3) is 4.86. The van der Waals surface area contributed by atoms with Crippen molar-refractivity contribution in [1.82, 2.24) is 9.78 Å². The number of hydrogen-bond acceptors (Lipinski definition) is 4. The number of aromatic nitrogens is 2. The molecule has 0 amide bonds. The summed E-state index contributed by atoms with van der Waals surface area (Å²) >= 11 is 6.34. The van der Waals surface area contributed by atoms with Crippen LogP contribution in [0, 0.1) is 5.92 Å². The largest absolute Gasteiger partial charge is 0.382 e. The van der Waals surface area contributed by atoms with Crippen molar-refractivity contribution in [2.24, 2.45) is 5.92 Å². The third-order valence-corrected chi connectivity index (χ3v) is 5.55. The summed E-state index contributed by atoms with van der Waals surface area (Å²) in [5.41, 5.74) is 3.36. The van der Waals surface area contributed by atoms with E-state index >= 15 is 0 Å². The second-order valence-electron chi connectivity index (χ2n) is 7.38. The van der Waals surface area contributed by atoms with E-state index in [1.807, 2.05) is 42.5 Å². The molecular weight excluding hydrogens is 386 g/mol. The van der Waals surface area contributed by atoms with Crippen LogP contribution in [0.25, 0.3) is 5.69 Å². The molecule has 29 heavy (non-hydrogen) atoms. The first kappa shape index (κ1) is 19.7. The molecule has 0 unspecified atom stereocenters. The summed E-state index contributed by atoms with van der Waals surface area (Å²) in [6.45, 7) is 2.29. The molecule has 3 aromatic rings. The van der Waals surface area contributed by atoms with Crippen molar-refractivity contribution in [2.75, 3.05) is 25.1 Å². The van der Waals surface area contributed by atoms with Crippen LogP contribution < -0.4 is 10.9 Å². The van der Waals surface area contributed by atoms with Crippen LogP contribution in [0.5, 0.6) is 0 Å². The number of anilines is 1. The van der Waals surface area contributed by atoms with E-state index in [1.165, 1.54) is 15.8 Å². The fourth-order valence-electron chi connectivity index (χ4n) is 3.55. The topological polar surface area (TPSA) is 56.1 Å². The zero-order valence-corrected chi connectivity index (χ0v) is 16.9. The second kappa shape index (κ2) is 9.25. The van der Waals surface area contributed by atoms with E-state index in [2.05, 4.69) is 22.5 Å². The molecule has 1 aromatic heterocycles. The predicted molar refractivity (Wildman–Crippen MR) is 116 cm³/mol. The van der Waals surface area contributed by atoms with Gasteiger partial charge in [0.05, 0.1) is 24.2 Å². The minimum atomic E-state index is -0.327. The van der Waals surface area contributed by atoms with Crippen LogP contribution in [0.15, 0.2) is 65.6 Å². The fourth-order valence-corrected chi connectivity index (χ4v) is 3.74. The summed E-state index contributed by atoms with van der Waals surface area (Å²) in [5, 5.41) is 7.72. The Morgan fingerprint density at radius 1 is 1.10 bits per heavy atom. The molecule has 1 N–H and O–H groups in total. The highest BCUT2D eigenvalue weighted by Gasteiger charge is 2.16. The SMILES string of the molecule is O=c1c(Cl)c(NC[C@H]2CCCOC2)cnn1-c1ccc(Cc2ccccc2)cc1. The van der Waals surface area contributed by atoms with Crippen molar-refractivity contribution in [1.29, 1.82) is 0 Å². The maximum atomic E-state index is 12.7. The van der Waals surface area contributed by atoms with Crippen LogP contribution in [0.1, 0.15) is 24.0 Å². The first-order valence-corrected chi connectivity index (χ1v) is 10.3. The number of rotatable bonds is 6. The number of nitrogens with one attached hydrogen (secondary N) is 1. The van der Waals surface area contributed by atoms with Gasteiger partial charge in [-0.3, -0.25) is 4.79 Å². The monoisotopic (exact) mass is 409 g/mol. The molecular formula is C23H24ClN3O2. The third-order valence-electron chi connectivity index (χ3n) is 5.19. The van der Waals surface area contributed by atoms with E-state index in [9.17, 15) is 4.79 Å². The van der Waals surface area contributed by atoms with Crippen molar-refractivity contribution in [3.8, 4) is 5.69 Å². The van der Waals surface area contributed by atoms with Crippen LogP contribution >= 0.6 is 11.6 Å². The van der Waals surface area contributed by atoms with Crippen molar-refractivity contribution in [3.63, 3.8) is 0 Å². The first-order valence-electron chi connectivity index (χ1n) is 9.93. The summed E-state index contributed by atoms with van der Waals surface area (Å²) in [4.78, 5) is 12.7. The summed E-state index contributed by atoms with van der Waals surface area (Å²) < 4.78 is 6.83. The molecule has 2 heterocycles. The average molecular weight is 410 g/mol. The van der Waals surface area contributed by atoms with Crippen LogP contribution in [0.4, 0.5) is 5.69 Å². The molecule has 1 aliphatic rings. The lowest BCUT2D eigenvalue weighted by Gasteiger charge is -2.22. The Morgan fingerprint density at radius 3 is 2.59 bits per heavy atom. The molecule has 1 atom stereocenters. The summed E-state index contributed by atoms with van der Waals surface area (Å²) in [6, 6.07) is 18.1. The molecule has 2 aromatic carbocycles. The molecule has 0 aliphatic carbocycles. The molecule has 0 bridgehead atoms. The Kier molecular flexibility index (Phi) is 6.27. The van der Waals surface area contributed by atoms with Crippen LogP contribution in [-0.2, 0) is 11.2 Å². The Hall–Kier alpha value is -2.63. The smallest absolute Gasteiger partial charge is 0.292 e. The predicted octanol–water partition coefficient (Wildman–Crippen LogP) is 4.32. The summed E-state index contributed by atoms with van der Waals surface area (Å²) in [6.07, 6.45) is 4.65. The van der Waals surface area contributed by atoms with Gasteiger partial charge in [-0.05, 0) is 48.4 Å².